The molecule has 2 rings (SSSR count). The van der Waals surface area contributed by atoms with Gasteiger partial charge in [0.2, 0.25) is 0 Å². The van der Waals surface area contributed by atoms with Crippen LogP contribution in [0.3, 0.4) is 0 Å². The standard InChI is InChI=1S/C11H10F3NO2/c12-11(13,14)8-2-1-6-3-7(10(16)17)5-15-9(6)4-8/h1-2,4,7,15H,3,5H2,(H,16,17). The lowest BCUT2D eigenvalue weighted by molar-refractivity contribution is -0.141. The number of anilines is 1. The largest absolute Gasteiger partial charge is 0.481 e. The number of nitrogens with one attached hydrogen (secondary N) is 1. The van der Waals surface area contributed by atoms with E-state index < -0.39 is 23.6 Å². The van der Waals surface area contributed by atoms with Crippen molar-refractivity contribution in [3.05, 3.63) is 29.3 Å². The summed E-state index contributed by atoms with van der Waals surface area (Å²) in [5, 5.41) is 11.6. The SMILES string of the molecule is O=C(O)C1CNc2cc(C(F)(F)F)ccc2C1. The van der Waals surface area contributed by atoms with E-state index in [0.717, 1.165) is 12.1 Å². The molecule has 92 valence electrons. The van der Waals surface area contributed by atoms with Crippen molar-refractivity contribution >= 4 is 11.7 Å². The first-order valence-electron chi connectivity index (χ1n) is 5.04. The number of fused-ring (bicyclic) bond motifs is 1. The van der Waals surface area contributed by atoms with Crippen LogP contribution in [-0.4, -0.2) is 17.6 Å². The van der Waals surface area contributed by atoms with Crippen LogP contribution in [0.2, 0.25) is 0 Å². The number of rotatable bonds is 1. The predicted molar refractivity (Wildman–Crippen MR) is 54.8 cm³/mol. The molecule has 0 saturated heterocycles. The van der Waals surface area contributed by atoms with E-state index in [1.165, 1.54) is 6.07 Å². The Balaban J connectivity index is 2.29. The summed E-state index contributed by atoms with van der Waals surface area (Å²) < 4.78 is 37.3. The van der Waals surface area contributed by atoms with Crippen LogP contribution >= 0.6 is 0 Å². The van der Waals surface area contributed by atoms with Gasteiger partial charge >= 0.3 is 12.1 Å². The maximum absolute atomic E-state index is 12.4. The highest BCUT2D eigenvalue weighted by atomic mass is 19.4. The topological polar surface area (TPSA) is 49.3 Å². The number of halogens is 3. The number of alkyl halides is 3. The van der Waals surface area contributed by atoms with Gasteiger partial charge in [-0.1, -0.05) is 6.07 Å². The Hall–Kier alpha value is -1.72. The number of carboxylic acids is 1. The second kappa shape index (κ2) is 3.94. The lowest BCUT2D eigenvalue weighted by Crippen LogP contribution is -2.29. The van der Waals surface area contributed by atoms with E-state index in [2.05, 4.69) is 5.32 Å². The number of hydrogen-bond donors (Lipinski definition) is 2. The molecule has 0 radical (unpaired) electrons. The fraction of sp³-hybridized carbons (Fsp3) is 0.364. The molecule has 1 aliphatic rings. The number of carboxylic acid groups (broad SMARTS) is 1. The summed E-state index contributed by atoms with van der Waals surface area (Å²) in [7, 11) is 0. The van der Waals surface area contributed by atoms with Crippen LogP contribution in [0.15, 0.2) is 18.2 Å². The first-order valence-corrected chi connectivity index (χ1v) is 5.04. The fourth-order valence-corrected chi connectivity index (χ4v) is 1.84. The van der Waals surface area contributed by atoms with Crippen molar-refractivity contribution < 1.29 is 23.1 Å². The van der Waals surface area contributed by atoms with Crippen LogP contribution < -0.4 is 5.32 Å². The van der Waals surface area contributed by atoms with Crippen molar-refractivity contribution in [2.75, 3.05) is 11.9 Å². The Labute approximate surface area is 95.3 Å². The molecule has 3 nitrogen and oxygen atoms in total. The summed E-state index contributed by atoms with van der Waals surface area (Å²) >= 11 is 0. The smallest absolute Gasteiger partial charge is 0.416 e. The lowest BCUT2D eigenvalue weighted by atomic mass is 9.93. The second-order valence-electron chi connectivity index (χ2n) is 3.99. The molecule has 17 heavy (non-hydrogen) atoms. The van der Waals surface area contributed by atoms with Crippen LogP contribution in [0.25, 0.3) is 0 Å². The van der Waals surface area contributed by atoms with Crippen molar-refractivity contribution in [2.24, 2.45) is 5.92 Å². The lowest BCUT2D eigenvalue weighted by Gasteiger charge is -2.24. The number of carbonyl (C=O) groups is 1. The Bertz CT molecular complexity index is 457. The third-order valence-electron chi connectivity index (χ3n) is 2.79. The van der Waals surface area contributed by atoms with Crippen LogP contribution in [-0.2, 0) is 17.4 Å². The minimum atomic E-state index is -4.37. The molecular formula is C11H10F3NO2. The molecule has 0 bridgehead atoms. The fourth-order valence-electron chi connectivity index (χ4n) is 1.84. The first-order chi connectivity index (χ1) is 7.88. The van der Waals surface area contributed by atoms with E-state index in [1.54, 1.807) is 0 Å². The molecular weight excluding hydrogens is 235 g/mol. The number of hydrogen-bond acceptors (Lipinski definition) is 2. The molecule has 0 spiro atoms. The Kier molecular flexibility index (Phi) is 2.73. The van der Waals surface area contributed by atoms with E-state index >= 15 is 0 Å². The molecule has 1 unspecified atom stereocenters. The molecule has 1 atom stereocenters. The van der Waals surface area contributed by atoms with Crippen molar-refractivity contribution in [1.82, 2.24) is 0 Å². The van der Waals surface area contributed by atoms with E-state index in [0.29, 0.717) is 11.3 Å². The van der Waals surface area contributed by atoms with Gasteiger partial charge in [0, 0.05) is 12.2 Å². The van der Waals surface area contributed by atoms with Crippen LogP contribution in [0.1, 0.15) is 11.1 Å². The molecule has 0 fully saturated rings. The maximum atomic E-state index is 12.4. The normalized spacial score (nSPS) is 19.4. The van der Waals surface area contributed by atoms with Gasteiger partial charge in [-0.05, 0) is 24.1 Å². The molecule has 1 aliphatic heterocycles. The van der Waals surface area contributed by atoms with E-state index in [-0.39, 0.29) is 13.0 Å². The molecule has 0 amide bonds. The van der Waals surface area contributed by atoms with Gasteiger partial charge in [0.25, 0.3) is 0 Å². The Morgan fingerprint density at radius 3 is 2.71 bits per heavy atom. The molecule has 0 saturated carbocycles. The summed E-state index contributed by atoms with van der Waals surface area (Å²) in [6.45, 7) is 0.156. The van der Waals surface area contributed by atoms with Crippen LogP contribution in [0.5, 0.6) is 0 Å². The average Bonchev–Trinajstić information content (AvgIpc) is 2.26. The van der Waals surface area contributed by atoms with E-state index in [1.807, 2.05) is 0 Å². The second-order valence-corrected chi connectivity index (χ2v) is 3.99. The summed E-state index contributed by atoms with van der Waals surface area (Å²) in [5.74, 6) is -1.53. The van der Waals surface area contributed by atoms with E-state index in [9.17, 15) is 18.0 Å². The quantitative estimate of drug-likeness (QED) is 0.798. The van der Waals surface area contributed by atoms with Gasteiger partial charge < -0.3 is 10.4 Å². The zero-order valence-electron chi connectivity index (χ0n) is 8.71. The molecule has 0 aliphatic carbocycles. The number of aliphatic carboxylic acids is 1. The van der Waals surface area contributed by atoms with Gasteiger partial charge in [-0.15, -0.1) is 0 Å². The summed E-state index contributed by atoms with van der Waals surface area (Å²) in [6.07, 6.45) is -4.11. The zero-order valence-corrected chi connectivity index (χ0v) is 8.71. The van der Waals surface area contributed by atoms with Crippen molar-refractivity contribution in [3.63, 3.8) is 0 Å². The van der Waals surface area contributed by atoms with Gasteiger partial charge in [-0.2, -0.15) is 13.2 Å². The van der Waals surface area contributed by atoms with Crippen LogP contribution in [0, 0.1) is 5.92 Å². The van der Waals surface area contributed by atoms with Gasteiger partial charge in [-0.25, -0.2) is 0 Å². The summed E-state index contributed by atoms with van der Waals surface area (Å²) in [4.78, 5) is 10.8. The Morgan fingerprint density at radius 1 is 1.41 bits per heavy atom. The summed E-state index contributed by atoms with van der Waals surface area (Å²) in [5.41, 5.74) is 0.256. The minimum Gasteiger partial charge on any atom is -0.481 e. The highest BCUT2D eigenvalue weighted by Gasteiger charge is 2.32. The van der Waals surface area contributed by atoms with Gasteiger partial charge in [0.15, 0.2) is 0 Å². The monoisotopic (exact) mass is 245 g/mol. The third kappa shape index (κ3) is 2.35. The van der Waals surface area contributed by atoms with Crippen molar-refractivity contribution in [2.45, 2.75) is 12.6 Å². The highest BCUT2D eigenvalue weighted by Crippen LogP contribution is 2.34. The van der Waals surface area contributed by atoms with Gasteiger partial charge in [0.05, 0.1) is 11.5 Å². The highest BCUT2D eigenvalue weighted by molar-refractivity contribution is 5.73. The predicted octanol–water partition coefficient (Wildman–Crippen LogP) is 2.37. The van der Waals surface area contributed by atoms with Crippen molar-refractivity contribution in [3.8, 4) is 0 Å². The first kappa shape index (κ1) is 11.8. The van der Waals surface area contributed by atoms with Crippen molar-refractivity contribution in [1.29, 1.82) is 0 Å². The molecule has 1 aromatic carbocycles. The molecule has 1 aromatic rings. The third-order valence-corrected chi connectivity index (χ3v) is 2.79. The molecule has 0 aromatic heterocycles. The average molecular weight is 245 g/mol. The zero-order chi connectivity index (χ0) is 12.6. The minimum absolute atomic E-state index is 0.156. The van der Waals surface area contributed by atoms with Gasteiger partial charge in [-0.3, -0.25) is 4.79 Å². The van der Waals surface area contributed by atoms with E-state index in [4.69, 9.17) is 5.11 Å². The summed E-state index contributed by atoms with van der Waals surface area (Å²) in [6, 6.07) is 3.33. The van der Waals surface area contributed by atoms with Crippen LogP contribution in [0.4, 0.5) is 18.9 Å². The molecule has 6 heteroatoms. The molecule has 2 N–H and O–H groups in total. The van der Waals surface area contributed by atoms with Gasteiger partial charge in [0.1, 0.15) is 0 Å². The molecule has 1 heterocycles. The number of benzene rings is 1. The maximum Gasteiger partial charge on any atom is 0.416 e. The Morgan fingerprint density at radius 2 is 2.12 bits per heavy atom.